The van der Waals surface area contributed by atoms with Crippen molar-refractivity contribution in [1.82, 2.24) is 0 Å². The van der Waals surface area contributed by atoms with Gasteiger partial charge in [0, 0.05) is 5.92 Å². The van der Waals surface area contributed by atoms with Crippen LogP contribution in [0.25, 0.3) is 0 Å². The predicted octanol–water partition coefficient (Wildman–Crippen LogP) is 3.23. The van der Waals surface area contributed by atoms with Crippen LogP contribution in [0.3, 0.4) is 0 Å². The number of hydrogen-bond acceptors (Lipinski definition) is 2. The number of benzene rings is 2. The Labute approximate surface area is 101 Å². The van der Waals surface area contributed by atoms with Crippen LogP contribution in [0.1, 0.15) is 30.1 Å². The summed E-state index contributed by atoms with van der Waals surface area (Å²) in [6.45, 7) is 1.99. The Hall–Kier alpha value is -1.80. The lowest BCUT2D eigenvalue weighted by Crippen LogP contribution is -2.07. The van der Waals surface area contributed by atoms with Gasteiger partial charge in [-0.15, -0.1) is 0 Å². The second-order valence-electron chi connectivity index (χ2n) is 4.24. The van der Waals surface area contributed by atoms with Gasteiger partial charge in [-0.1, -0.05) is 49.4 Å². The fraction of sp³-hybridized carbons (Fsp3) is 0.200. The molecule has 0 aliphatic carbocycles. The molecule has 2 N–H and O–H groups in total. The Morgan fingerprint density at radius 2 is 1.41 bits per heavy atom. The Kier molecular flexibility index (Phi) is 3.45. The van der Waals surface area contributed by atoms with Crippen LogP contribution in [-0.4, -0.2) is 10.2 Å². The highest BCUT2D eigenvalue weighted by Gasteiger charge is 2.17. The molecule has 17 heavy (non-hydrogen) atoms. The van der Waals surface area contributed by atoms with E-state index in [0.29, 0.717) is 0 Å². The minimum absolute atomic E-state index is 0.0285. The van der Waals surface area contributed by atoms with Gasteiger partial charge in [0.1, 0.15) is 5.75 Å². The van der Waals surface area contributed by atoms with E-state index in [1.165, 1.54) is 0 Å². The van der Waals surface area contributed by atoms with E-state index in [2.05, 4.69) is 0 Å². The predicted molar refractivity (Wildman–Crippen MR) is 67.9 cm³/mol. The molecule has 0 aromatic heterocycles. The lowest BCUT2D eigenvalue weighted by molar-refractivity contribution is 0.151. The van der Waals surface area contributed by atoms with Gasteiger partial charge in [0.25, 0.3) is 0 Å². The average molecular weight is 228 g/mol. The van der Waals surface area contributed by atoms with Crippen LogP contribution in [-0.2, 0) is 0 Å². The summed E-state index contributed by atoms with van der Waals surface area (Å²) in [5.74, 6) is 0.244. The number of aromatic hydroxyl groups is 1. The molecule has 0 saturated heterocycles. The van der Waals surface area contributed by atoms with E-state index in [0.717, 1.165) is 11.1 Å². The van der Waals surface area contributed by atoms with Crippen molar-refractivity contribution in [2.75, 3.05) is 0 Å². The van der Waals surface area contributed by atoms with Crippen LogP contribution in [0.4, 0.5) is 0 Å². The summed E-state index contributed by atoms with van der Waals surface area (Å²) in [4.78, 5) is 0. The zero-order valence-electron chi connectivity index (χ0n) is 9.75. The standard InChI is InChI=1S/C15H16O2/c1-11(12-5-3-2-4-6-12)15(17)13-7-9-14(16)10-8-13/h2-11,15-17H,1H3. The summed E-state index contributed by atoms with van der Waals surface area (Å²) in [6, 6.07) is 16.6. The molecule has 0 amide bonds. The van der Waals surface area contributed by atoms with Gasteiger partial charge in [-0.2, -0.15) is 0 Å². The third kappa shape index (κ3) is 2.66. The summed E-state index contributed by atoms with van der Waals surface area (Å²) in [6.07, 6.45) is -0.557. The largest absolute Gasteiger partial charge is 0.508 e. The van der Waals surface area contributed by atoms with Crippen molar-refractivity contribution in [3.05, 3.63) is 65.7 Å². The highest BCUT2D eigenvalue weighted by atomic mass is 16.3. The average Bonchev–Trinajstić information content (AvgIpc) is 2.39. The lowest BCUT2D eigenvalue weighted by Gasteiger charge is -2.19. The van der Waals surface area contributed by atoms with Gasteiger partial charge in [0.05, 0.1) is 6.10 Å². The monoisotopic (exact) mass is 228 g/mol. The second-order valence-corrected chi connectivity index (χ2v) is 4.24. The summed E-state index contributed by atoms with van der Waals surface area (Å²) < 4.78 is 0. The summed E-state index contributed by atoms with van der Waals surface area (Å²) in [5, 5.41) is 19.5. The second kappa shape index (κ2) is 5.02. The molecule has 2 rings (SSSR count). The molecule has 2 unspecified atom stereocenters. The van der Waals surface area contributed by atoms with E-state index >= 15 is 0 Å². The normalized spacial score (nSPS) is 14.2. The lowest BCUT2D eigenvalue weighted by atomic mass is 9.91. The molecule has 2 atom stereocenters. The van der Waals surface area contributed by atoms with Crippen LogP contribution in [0.15, 0.2) is 54.6 Å². The first-order valence-corrected chi connectivity index (χ1v) is 5.70. The maximum Gasteiger partial charge on any atom is 0.115 e. The van der Waals surface area contributed by atoms with E-state index in [1.807, 2.05) is 37.3 Å². The van der Waals surface area contributed by atoms with E-state index < -0.39 is 6.10 Å². The zero-order chi connectivity index (χ0) is 12.3. The Morgan fingerprint density at radius 1 is 0.824 bits per heavy atom. The van der Waals surface area contributed by atoms with Crippen molar-refractivity contribution in [2.45, 2.75) is 18.9 Å². The third-order valence-electron chi connectivity index (χ3n) is 3.03. The number of phenolic OH excluding ortho intramolecular Hbond substituents is 1. The number of phenols is 1. The fourth-order valence-electron chi connectivity index (χ4n) is 1.90. The van der Waals surface area contributed by atoms with Gasteiger partial charge in [-0.05, 0) is 23.3 Å². The molecule has 88 valence electrons. The Morgan fingerprint density at radius 3 is 2.00 bits per heavy atom. The maximum absolute atomic E-state index is 10.3. The van der Waals surface area contributed by atoms with E-state index in [9.17, 15) is 10.2 Å². The minimum Gasteiger partial charge on any atom is -0.508 e. The highest BCUT2D eigenvalue weighted by molar-refractivity contribution is 5.30. The van der Waals surface area contributed by atoms with Gasteiger partial charge in [0.2, 0.25) is 0 Å². The van der Waals surface area contributed by atoms with Crippen molar-refractivity contribution < 1.29 is 10.2 Å². The molecule has 2 aromatic rings. The fourth-order valence-corrected chi connectivity index (χ4v) is 1.90. The Bertz CT molecular complexity index is 462. The molecule has 0 aliphatic rings. The van der Waals surface area contributed by atoms with E-state index in [4.69, 9.17) is 0 Å². The van der Waals surface area contributed by atoms with E-state index in [1.54, 1.807) is 24.3 Å². The van der Waals surface area contributed by atoms with Crippen LogP contribution in [0.5, 0.6) is 5.75 Å². The van der Waals surface area contributed by atoms with Crippen LogP contribution in [0, 0.1) is 0 Å². The summed E-state index contributed by atoms with van der Waals surface area (Å²) in [5.41, 5.74) is 1.92. The molecule has 2 aromatic carbocycles. The molecular formula is C15H16O2. The summed E-state index contributed by atoms with van der Waals surface area (Å²) in [7, 11) is 0. The van der Waals surface area contributed by atoms with Crippen molar-refractivity contribution in [1.29, 1.82) is 0 Å². The molecule has 0 heterocycles. The minimum atomic E-state index is -0.557. The first kappa shape index (κ1) is 11.7. The quantitative estimate of drug-likeness (QED) is 0.846. The molecule has 0 spiro atoms. The van der Waals surface area contributed by atoms with Gasteiger partial charge in [0.15, 0.2) is 0 Å². The van der Waals surface area contributed by atoms with Crippen molar-refractivity contribution in [3.8, 4) is 5.75 Å². The van der Waals surface area contributed by atoms with Crippen molar-refractivity contribution in [2.24, 2.45) is 0 Å². The highest BCUT2D eigenvalue weighted by Crippen LogP contribution is 2.30. The van der Waals surface area contributed by atoms with Gasteiger partial charge in [-0.25, -0.2) is 0 Å². The molecule has 0 saturated carbocycles. The number of rotatable bonds is 3. The summed E-state index contributed by atoms with van der Waals surface area (Å²) >= 11 is 0. The molecule has 2 nitrogen and oxygen atoms in total. The van der Waals surface area contributed by atoms with Crippen LogP contribution in [0.2, 0.25) is 0 Å². The number of aliphatic hydroxyl groups excluding tert-OH is 1. The topological polar surface area (TPSA) is 40.5 Å². The first-order valence-electron chi connectivity index (χ1n) is 5.70. The van der Waals surface area contributed by atoms with Gasteiger partial charge < -0.3 is 10.2 Å². The third-order valence-corrected chi connectivity index (χ3v) is 3.03. The van der Waals surface area contributed by atoms with Crippen LogP contribution < -0.4 is 0 Å². The van der Waals surface area contributed by atoms with Gasteiger partial charge >= 0.3 is 0 Å². The zero-order valence-corrected chi connectivity index (χ0v) is 9.75. The molecule has 0 radical (unpaired) electrons. The Balaban J connectivity index is 2.20. The number of aliphatic hydroxyl groups is 1. The smallest absolute Gasteiger partial charge is 0.115 e. The van der Waals surface area contributed by atoms with Crippen molar-refractivity contribution in [3.63, 3.8) is 0 Å². The molecular weight excluding hydrogens is 212 g/mol. The van der Waals surface area contributed by atoms with Crippen molar-refractivity contribution >= 4 is 0 Å². The molecule has 0 fully saturated rings. The van der Waals surface area contributed by atoms with Crippen LogP contribution >= 0.6 is 0 Å². The number of hydrogen-bond donors (Lipinski definition) is 2. The molecule has 2 heteroatoms. The molecule has 0 bridgehead atoms. The van der Waals surface area contributed by atoms with Gasteiger partial charge in [-0.3, -0.25) is 0 Å². The SMILES string of the molecule is CC(c1ccccc1)C(O)c1ccc(O)cc1. The maximum atomic E-state index is 10.3. The first-order chi connectivity index (χ1) is 8.18. The molecule has 0 aliphatic heterocycles. The van der Waals surface area contributed by atoms with E-state index in [-0.39, 0.29) is 11.7 Å².